The van der Waals surface area contributed by atoms with Crippen molar-refractivity contribution in [1.82, 2.24) is 0 Å². The Hall–Kier alpha value is -2.27. The molecule has 0 aliphatic heterocycles. The fraction of sp³-hybridized carbons (Fsp3) is 0.211. The number of allylic oxidation sites excluding steroid dienone is 1. The number of aromatic hydroxyl groups is 1. The van der Waals surface area contributed by atoms with E-state index in [1.54, 1.807) is 25.3 Å². The van der Waals surface area contributed by atoms with Crippen molar-refractivity contribution in [2.45, 2.75) is 12.8 Å². The van der Waals surface area contributed by atoms with Gasteiger partial charge in [-0.25, -0.2) is 0 Å². The summed E-state index contributed by atoms with van der Waals surface area (Å²) in [7, 11) is 3.11. The van der Waals surface area contributed by atoms with Crippen molar-refractivity contribution in [2.75, 3.05) is 14.2 Å². The predicted molar refractivity (Wildman–Crippen MR) is 96.0 cm³/mol. The lowest BCUT2D eigenvalue weighted by Gasteiger charge is -2.18. The molecule has 2 aromatic carbocycles. The molecule has 0 heterocycles. The molecular weight excluding hydrogens is 372 g/mol. The molecule has 2 aromatic rings. The van der Waals surface area contributed by atoms with Crippen LogP contribution in [0.1, 0.15) is 27.9 Å². The Morgan fingerprint density at radius 2 is 1.92 bits per heavy atom. The molecule has 0 bridgehead atoms. The van der Waals surface area contributed by atoms with Crippen LogP contribution in [0.4, 0.5) is 0 Å². The number of phenolic OH excluding ortho intramolecular Hbond substituents is 1. The molecule has 1 aliphatic carbocycles. The lowest BCUT2D eigenvalue weighted by molar-refractivity contribution is 0.102. The Labute approximate surface area is 148 Å². The molecule has 3 rings (SSSR count). The number of hydrogen-bond donors (Lipinski definition) is 1. The van der Waals surface area contributed by atoms with Gasteiger partial charge in [-0.2, -0.15) is 0 Å². The molecule has 0 saturated carbocycles. The predicted octanol–water partition coefficient (Wildman–Crippen LogP) is 4.38. The van der Waals surface area contributed by atoms with Crippen molar-refractivity contribution in [3.05, 3.63) is 57.1 Å². The molecule has 0 radical (unpaired) electrons. The number of Topliss-reactive ketones (excluding diaryl/α,β-unsaturated/α-hetero) is 1. The van der Waals surface area contributed by atoms with E-state index in [4.69, 9.17) is 9.47 Å². The van der Waals surface area contributed by atoms with Gasteiger partial charge in [0.05, 0.1) is 14.2 Å². The molecule has 0 spiro atoms. The number of halogens is 1. The average molecular weight is 389 g/mol. The van der Waals surface area contributed by atoms with Gasteiger partial charge in [0, 0.05) is 15.6 Å². The summed E-state index contributed by atoms with van der Waals surface area (Å²) in [6.07, 6.45) is 3.25. The highest BCUT2D eigenvalue weighted by atomic mass is 79.9. The number of phenols is 1. The van der Waals surface area contributed by atoms with Crippen molar-refractivity contribution in [3.63, 3.8) is 0 Å². The van der Waals surface area contributed by atoms with Gasteiger partial charge < -0.3 is 14.6 Å². The summed E-state index contributed by atoms with van der Waals surface area (Å²) >= 11 is 3.46. The van der Waals surface area contributed by atoms with Gasteiger partial charge in [-0.3, -0.25) is 4.79 Å². The van der Waals surface area contributed by atoms with Gasteiger partial charge in [0.15, 0.2) is 17.3 Å². The van der Waals surface area contributed by atoms with E-state index in [2.05, 4.69) is 15.9 Å². The topological polar surface area (TPSA) is 55.8 Å². The number of ether oxygens (including phenoxy) is 2. The van der Waals surface area contributed by atoms with Crippen LogP contribution in [0.5, 0.6) is 17.2 Å². The third-order valence-electron chi connectivity index (χ3n) is 4.14. The smallest absolute Gasteiger partial charge is 0.189 e. The maximum Gasteiger partial charge on any atom is 0.189 e. The van der Waals surface area contributed by atoms with Gasteiger partial charge in [-0.1, -0.05) is 15.9 Å². The first-order chi connectivity index (χ1) is 11.5. The molecule has 0 fully saturated rings. The van der Waals surface area contributed by atoms with Crippen molar-refractivity contribution in [1.29, 1.82) is 0 Å². The maximum atomic E-state index is 12.7. The van der Waals surface area contributed by atoms with Gasteiger partial charge in [0.2, 0.25) is 0 Å². The molecule has 0 amide bonds. The molecule has 0 atom stereocenters. The fourth-order valence-electron chi connectivity index (χ4n) is 2.84. The second kappa shape index (κ2) is 6.69. The van der Waals surface area contributed by atoms with Crippen molar-refractivity contribution >= 4 is 27.8 Å². The number of ketones is 1. The molecular formula is C19H17BrO4. The Kier molecular flexibility index (Phi) is 4.62. The van der Waals surface area contributed by atoms with E-state index in [1.165, 1.54) is 7.11 Å². The van der Waals surface area contributed by atoms with Gasteiger partial charge in [-0.05, 0) is 60.4 Å². The summed E-state index contributed by atoms with van der Waals surface area (Å²) in [6, 6.07) is 8.80. The first kappa shape index (κ1) is 16.6. The number of hydrogen-bond acceptors (Lipinski definition) is 4. The van der Waals surface area contributed by atoms with E-state index in [1.807, 2.05) is 18.2 Å². The molecule has 0 aromatic heterocycles. The quantitative estimate of drug-likeness (QED) is 0.792. The monoisotopic (exact) mass is 388 g/mol. The van der Waals surface area contributed by atoms with Crippen LogP contribution in [0, 0.1) is 0 Å². The SMILES string of the molecule is COc1ccc2c(c1)CC/C(=C\c1cc(O)c(OC)cc1Br)C2=O. The maximum absolute atomic E-state index is 12.7. The Morgan fingerprint density at radius 3 is 2.62 bits per heavy atom. The Balaban J connectivity index is 1.97. The summed E-state index contributed by atoms with van der Waals surface area (Å²) in [5.41, 5.74) is 3.18. The van der Waals surface area contributed by atoms with E-state index < -0.39 is 0 Å². The second-order valence-electron chi connectivity index (χ2n) is 5.57. The highest BCUT2D eigenvalue weighted by molar-refractivity contribution is 9.10. The van der Waals surface area contributed by atoms with Crippen LogP contribution < -0.4 is 9.47 Å². The van der Waals surface area contributed by atoms with Gasteiger partial charge in [0.25, 0.3) is 0 Å². The highest BCUT2D eigenvalue weighted by Crippen LogP contribution is 2.35. The molecule has 0 saturated heterocycles. The van der Waals surface area contributed by atoms with Gasteiger partial charge >= 0.3 is 0 Å². The van der Waals surface area contributed by atoms with Gasteiger partial charge in [0.1, 0.15) is 5.75 Å². The third-order valence-corrected chi connectivity index (χ3v) is 4.83. The summed E-state index contributed by atoms with van der Waals surface area (Å²) in [5, 5.41) is 9.95. The minimum atomic E-state index is 0.0149. The number of benzene rings is 2. The lowest BCUT2D eigenvalue weighted by Crippen LogP contribution is -2.14. The molecule has 24 heavy (non-hydrogen) atoms. The molecule has 5 heteroatoms. The second-order valence-corrected chi connectivity index (χ2v) is 6.42. The number of aryl methyl sites for hydroxylation is 1. The summed E-state index contributed by atoms with van der Waals surface area (Å²) in [6.45, 7) is 0. The zero-order chi connectivity index (χ0) is 17.3. The number of rotatable bonds is 3. The first-order valence-corrected chi connectivity index (χ1v) is 8.31. The van der Waals surface area contributed by atoms with Crippen molar-refractivity contribution in [3.8, 4) is 17.2 Å². The molecule has 1 aliphatic rings. The highest BCUT2D eigenvalue weighted by Gasteiger charge is 2.22. The van der Waals surface area contributed by atoms with Crippen LogP contribution in [0.2, 0.25) is 0 Å². The van der Waals surface area contributed by atoms with E-state index in [9.17, 15) is 9.90 Å². The van der Waals surface area contributed by atoms with Crippen molar-refractivity contribution < 1.29 is 19.4 Å². The minimum absolute atomic E-state index is 0.0149. The Morgan fingerprint density at radius 1 is 1.12 bits per heavy atom. The van der Waals surface area contributed by atoms with Crippen LogP contribution >= 0.6 is 15.9 Å². The summed E-state index contributed by atoms with van der Waals surface area (Å²) < 4.78 is 11.1. The standard InChI is InChI=1S/C19H17BrO4/c1-23-14-5-6-15-11(8-14)3-4-12(19(15)22)7-13-9-17(21)18(24-2)10-16(13)20/h5-10,21H,3-4H2,1-2H3/b12-7+. The number of fused-ring (bicyclic) bond motifs is 1. The van der Waals surface area contributed by atoms with E-state index >= 15 is 0 Å². The molecule has 1 N–H and O–H groups in total. The van der Waals surface area contributed by atoms with Gasteiger partial charge in [-0.15, -0.1) is 0 Å². The third kappa shape index (κ3) is 3.04. The van der Waals surface area contributed by atoms with Crippen molar-refractivity contribution in [2.24, 2.45) is 0 Å². The molecule has 4 nitrogen and oxygen atoms in total. The summed E-state index contributed by atoms with van der Waals surface area (Å²) in [4.78, 5) is 12.7. The lowest BCUT2D eigenvalue weighted by atomic mass is 9.86. The molecule has 124 valence electrons. The first-order valence-electron chi connectivity index (χ1n) is 7.52. The average Bonchev–Trinajstić information content (AvgIpc) is 2.59. The van der Waals surface area contributed by atoms with Crippen LogP contribution in [0.3, 0.4) is 0 Å². The van der Waals surface area contributed by atoms with E-state index in [0.29, 0.717) is 17.7 Å². The number of carbonyl (C=O) groups is 1. The van der Waals surface area contributed by atoms with Crippen LogP contribution in [-0.2, 0) is 6.42 Å². The fourth-order valence-corrected chi connectivity index (χ4v) is 3.28. The largest absolute Gasteiger partial charge is 0.504 e. The summed E-state index contributed by atoms with van der Waals surface area (Å²) in [5.74, 6) is 1.20. The minimum Gasteiger partial charge on any atom is -0.504 e. The Bertz CT molecular complexity index is 840. The van der Waals surface area contributed by atoms with E-state index in [-0.39, 0.29) is 11.5 Å². The zero-order valence-corrected chi connectivity index (χ0v) is 15.0. The van der Waals surface area contributed by atoms with Crippen LogP contribution in [0.25, 0.3) is 6.08 Å². The van der Waals surface area contributed by atoms with Crippen LogP contribution in [-0.4, -0.2) is 25.1 Å². The van der Waals surface area contributed by atoms with Crippen LogP contribution in [0.15, 0.2) is 40.4 Å². The normalized spacial score (nSPS) is 15.3. The molecule has 0 unspecified atom stereocenters. The number of methoxy groups -OCH3 is 2. The zero-order valence-electron chi connectivity index (χ0n) is 13.4. The van der Waals surface area contributed by atoms with E-state index in [0.717, 1.165) is 33.3 Å². The number of carbonyl (C=O) groups excluding carboxylic acids is 1.